The Labute approximate surface area is 111 Å². The van der Waals surface area contributed by atoms with E-state index in [0.29, 0.717) is 12.1 Å². The Hall–Kier alpha value is -0.860. The lowest BCUT2D eigenvalue weighted by Crippen LogP contribution is -2.39. The molecule has 100 valence electrons. The minimum Gasteiger partial charge on any atom is -0.309 e. The van der Waals surface area contributed by atoms with Crippen LogP contribution in [-0.2, 0) is 0 Å². The Bertz CT molecular complexity index is 384. The van der Waals surface area contributed by atoms with E-state index in [2.05, 4.69) is 62.3 Å². The molecule has 18 heavy (non-hydrogen) atoms. The monoisotopic (exact) mass is 246 g/mol. The molecule has 2 unspecified atom stereocenters. The van der Waals surface area contributed by atoms with E-state index in [9.17, 15) is 0 Å². The van der Waals surface area contributed by atoms with Crippen molar-refractivity contribution < 1.29 is 0 Å². The van der Waals surface area contributed by atoms with E-state index < -0.39 is 0 Å². The van der Waals surface area contributed by atoms with Crippen LogP contribution in [0.2, 0.25) is 0 Å². The third kappa shape index (κ3) is 3.33. The second-order valence-electron chi connectivity index (χ2n) is 5.73. The van der Waals surface area contributed by atoms with Crippen LogP contribution >= 0.6 is 0 Å². The molecule has 0 saturated heterocycles. The van der Waals surface area contributed by atoms with Gasteiger partial charge in [-0.1, -0.05) is 24.3 Å². The number of hydrogen-bond donors (Lipinski definition) is 1. The summed E-state index contributed by atoms with van der Waals surface area (Å²) < 4.78 is 0. The minimum absolute atomic E-state index is 0.432. The molecule has 1 aliphatic rings. The topological polar surface area (TPSA) is 15.3 Å². The van der Waals surface area contributed by atoms with E-state index in [0.717, 1.165) is 12.6 Å². The molecular formula is C16H26N2. The predicted molar refractivity (Wildman–Crippen MR) is 77.8 cm³/mol. The normalized spacial score (nSPS) is 18.9. The number of aryl methyl sites for hydroxylation is 1. The number of likely N-dealkylation sites (N-methyl/N-ethyl adjacent to an activating group) is 1. The van der Waals surface area contributed by atoms with Gasteiger partial charge in [0.25, 0.3) is 0 Å². The summed E-state index contributed by atoms with van der Waals surface area (Å²) >= 11 is 0. The second-order valence-corrected chi connectivity index (χ2v) is 5.73. The maximum atomic E-state index is 3.66. The van der Waals surface area contributed by atoms with Crippen molar-refractivity contribution in [2.45, 2.75) is 51.7 Å². The first-order valence-electron chi connectivity index (χ1n) is 7.10. The van der Waals surface area contributed by atoms with Crippen LogP contribution in [0.25, 0.3) is 0 Å². The zero-order valence-corrected chi connectivity index (χ0v) is 12.1. The van der Waals surface area contributed by atoms with Crippen LogP contribution in [-0.4, -0.2) is 30.6 Å². The van der Waals surface area contributed by atoms with Crippen molar-refractivity contribution in [3.8, 4) is 0 Å². The molecule has 2 heteroatoms. The molecule has 1 fully saturated rings. The zero-order chi connectivity index (χ0) is 13.1. The Kier molecular flexibility index (Phi) is 4.41. The zero-order valence-electron chi connectivity index (χ0n) is 12.1. The molecule has 0 aliphatic heterocycles. The van der Waals surface area contributed by atoms with Gasteiger partial charge in [-0.3, -0.25) is 4.90 Å². The summed E-state index contributed by atoms with van der Waals surface area (Å²) in [6.07, 6.45) is 2.77. The van der Waals surface area contributed by atoms with Gasteiger partial charge in [0, 0.05) is 24.7 Å². The highest BCUT2D eigenvalue weighted by molar-refractivity contribution is 5.28. The minimum atomic E-state index is 0.432. The van der Waals surface area contributed by atoms with E-state index in [-0.39, 0.29) is 0 Å². The average molecular weight is 246 g/mol. The number of nitrogens with zero attached hydrogens (tertiary/aromatic N) is 1. The van der Waals surface area contributed by atoms with Crippen LogP contribution in [0.15, 0.2) is 24.3 Å². The molecule has 0 spiro atoms. The fourth-order valence-electron chi connectivity index (χ4n) is 2.52. The summed E-state index contributed by atoms with van der Waals surface area (Å²) in [7, 11) is 2.25. The lowest BCUT2D eigenvalue weighted by molar-refractivity contribution is 0.237. The molecule has 1 N–H and O–H groups in total. The van der Waals surface area contributed by atoms with Crippen molar-refractivity contribution in [2.75, 3.05) is 13.6 Å². The van der Waals surface area contributed by atoms with E-state index in [1.54, 1.807) is 0 Å². The van der Waals surface area contributed by atoms with Crippen LogP contribution in [0.5, 0.6) is 0 Å². The fourth-order valence-corrected chi connectivity index (χ4v) is 2.52. The molecule has 0 heterocycles. The Morgan fingerprint density at radius 2 is 1.94 bits per heavy atom. The van der Waals surface area contributed by atoms with Crippen molar-refractivity contribution in [1.29, 1.82) is 0 Å². The molecular weight excluding hydrogens is 220 g/mol. The van der Waals surface area contributed by atoms with Gasteiger partial charge in [0.15, 0.2) is 0 Å². The standard InChI is InChI=1S/C16H26N2/c1-12-7-5-6-8-16(12)14(3)17-11-13(2)18(4)15-9-10-15/h5-8,13-15,17H,9-11H2,1-4H3. The van der Waals surface area contributed by atoms with Crippen molar-refractivity contribution in [3.05, 3.63) is 35.4 Å². The largest absolute Gasteiger partial charge is 0.309 e. The summed E-state index contributed by atoms with van der Waals surface area (Å²) in [4.78, 5) is 2.51. The van der Waals surface area contributed by atoms with E-state index in [4.69, 9.17) is 0 Å². The van der Waals surface area contributed by atoms with Gasteiger partial charge >= 0.3 is 0 Å². The lowest BCUT2D eigenvalue weighted by Gasteiger charge is -2.27. The van der Waals surface area contributed by atoms with Gasteiger partial charge in [-0.25, -0.2) is 0 Å². The van der Waals surface area contributed by atoms with Gasteiger partial charge in [-0.2, -0.15) is 0 Å². The van der Waals surface area contributed by atoms with Gasteiger partial charge in [-0.05, 0) is 51.8 Å². The quantitative estimate of drug-likeness (QED) is 0.829. The second kappa shape index (κ2) is 5.85. The average Bonchev–Trinajstić information content (AvgIpc) is 3.19. The molecule has 1 aromatic rings. The Balaban J connectivity index is 1.84. The summed E-state index contributed by atoms with van der Waals surface area (Å²) in [5.74, 6) is 0. The predicted octanol–water partition coefficient (Wildman–Crippen LogP) is 3.13. The summed E-state index contributed by atoms with van der Waals surface area (Å²) in [6, 6.07) is 10.5. The first-order valence-corrected chi connectivity index (χ1v) is 7.10. The highest BCUT2D eigenvalue weighted by Crippen LogP contribution is 2.27. The van der Waals surface area contributed by atoms with Crippen LogP contribution < -0.4 is 5.32 Å². The number of hydrogen-bond acceptors (Lipinski definition) is 2. The van der Waals surface area contributed by atoms with Gasteiger partial charge in [0.05, 0.1) is 0 Å². The highest BCUT2D eigenvalue weighted by Gasteiger charge is 2.29. The third-order valence-electron chi connectivity index (χ3n) is 4.19. The van der Waals surface area contributed by atoms with Crippen LogP contribution in [0, 0.1) is 6.92 Å². The first-order chi connectivity index (χ1) is 8.59. The Morgan fingerprint density at radius 3 is 2.56 bits per heavy atom. The molecule has 1 saturated carbocycles. The van der Waals surface area contributed by atoms with Crippen molar-refractivity contribution >= 4 is 0 Å². The van der Waals surface area contributed by atoms with Crippen LogP contribution in [0.4, 0.5) is 0 Å². The Morgan fingerprint density at radius 1 is 1.28 bits per heavy atom. The summed E-state index contributed by atoms with van der Waals surface area (Å²) in [6.45, 7) is 7.82. The van der Waals surface area contributed by atoms with E-state index in [1.807, 2.05) is 0 Å². The van der Waals surface area contributed by atoms with Crippen LogP contribution in [0.3, 0.4) is 0 Å². The number of benzene rings is 1. The molecule has 1 aromatic carbocycles. The molecule has 2 nitrogen and oxygen atoms in total. The first kappa shape index (κ1) is 13.6. The van der Waals surface area contributed by atoms with Crippen LogP contribution in [0.1, 0.15) is 43.9 Å². The van der Waals surface area contributed by atoms with Gasteiger partial charge in [0.2, 0.25) is 0 Å². The van der Waals surface area contributed by atoms with E-state index in [1.165, 1.54) is 24.0 Å². The van der Waals surface area contributed by atoms with Gasteiger partial charge in [-0.15, -0.1) is 0 Å². The number of rotatable bonds is 6. The van der Waals surface area contributed by atoms with Crippen molar-refractivity contribution in [2.24, 2.45) is 0 Å². The summed E-state index contributed by atoms with van der Waals surface area (Å²) in [5.41, 5.74) is 2.79. The maximum Gasteiger partial charge on any atom is 0.0295 e. The maximum absolute atomic E-state index is 3.66. The highest BCUT2D eigenvalue weighted by atomic mass is 15.2. The molecule has 2 atom stereocenters. The molecule has 0 radical (unpaired) electrons. The van der Waals surface area contributed by atoms with Crippen molar-refractivity contribution in [1.82, 2.24) is 10.2 Å². The molecule has 0 aromatic heterocycles. The fraction of sp³-hybridized carbons (Fsp3) is 0.625. The van der Waals surface area contributed by atoms with E-state index >= 15 is 0 Å². The summed E-state index contributed by atoms with van der Waals surface area (Å²) in [5, 5.41) is 3.66. The van der Waals surface area contributed by atoms with Crippen molar-refractivity contribution in [3.63, 3.8) is 0 Å². The van der Waals surface area contributed by atoms with Gasteiger partial charge < -0.3 is 5.32 Å². The number of nitrogens with one attached hydrogen (secondary N) is 1. The molecule has 1 aliphatic carbocycles. The van der Waals surface area contributed by atoms with Gasteiger partial charge in [0.1, 0.15) is 0 Å². The molecule has 0 bridgehead atoms. The SMILES string of the molecule is Cc1ccccc1C(C)NCC(C)N(C)C1CC1. The lowest BCUT2D eigenvalue weighted by atomic mass is 10.0. The third-order valence-corrected chi connectivity index (χ3v) is 4.19. The smallest absolute Gasteiger partial charge is 0.0295 e. The molecule has 0 amide bonds. The molecule has 2 rings (SSSR count).